The van der Waals surface area contributed by atoms with Gasteiger partial charge >= 0.3 is 0 Å². The third kappa shape index (κ3) is 14.1. The van der Waals surface area contributed by atoms with Crippen molar-refractivity contribution in [2.24, 2.45) is 0 Å². The maximum Gasteiger partial charge on any atom is 0.300 e. The molecule has 0 radical (unpaired) electrons. The molecular formula is C10H16O7. The van der Waals surface area contributed by atoms with Crippen LogP contribution in [0.25, 0.3) is 0 Å². The molecule has 7 nitrogen and oxygen atoms in total. The van der Waals surface area contributed by atoms with Gasteiger partial charge in [-0.15, -0.1) is 0 Å². The maximum atomic E-state index is 9.00. The number of rotatable bonds is 2. The van der Waals surface area contributed by atoms with E-state index in [-0.39, 0.29) is 13.2 Å². The molecule has 0 aromatic carbocycles. The number of aliphatic hydroxyl groups excluding tert-OH is 2. The molecule has 0 saturated heterocycles. The Hall–Kier alpha value is -1.86. The van der Waals surface area contributed by atoms with E-state index in [0.29, 0.717) is 11.1 Å². The normalized spacial score (nSPS) is 8.24. The summed E-state index contributed by atoms with van der Waals surface area (Å²) in [7, 11) is 0. The second-order valence-corrected chi connectivity index (χ2v) is 2.78. The lowest BCUT2D eigenvalue weighted by molar-refractivity contribution is -0.135. The molecule has 4 N–H and O–H groups in total. The standard InChI is InChI=1S/C6H8O3.2C2H4O2/c7-1-5-3-9-4-6(5)2-8;2*1-2(3)4/h3-4,7-8H,1-2H2;2*1H3,(H,3,4). The second kappa shape index (κ2) is 10.7. The van der Waals surface area contributed by atoms with Crippen molar-refractivity contribution in [1.29, 1.82) is 0 Å². The van der Waals surface area contributed by atoms with Gasteiger partial charge in [-0.2, -0.15) is 0 Å². The first-order valence-electron chi connectivity index (χ1n) is 4.49. The van der Waals surface area contributed by atoms with Gasteiger partial charge in [0, 0.05) is 25.0 Å². The van der Waals surface area contributed by atoms with E-state index in [2.05, 4.69) is 0 Å². The molecule has 17 heavy (non-hydrogen) atoms. The van der Waals surface area contributed by atoms with Crippen LogP contribution in [0.5, 0.6) is 0 Å². The summed E-state index contributed by atoms with van der Waals surface area (Å²) in [6, 6.07) is 0. The molecule has 0 unspecified atom stereocenters. The molecule has 1 heterocycles. The van der Waals surface area contributed by atoms with Crippen LogP contribution in [0, 0.1) is 0 Å². The van der Waals surface area contributed by atoms with E-state index in [4.69, 9.17) is 34.4 Å². The molecule has 7 heteroatoms. The third-order valence-corrected chi connectivity index (χ3v) is 1.17. The van der Waals surface area contributed by atoms with Gasteiger partial charge in [-0.3, -0.25) is 9.59 Å². The summed E-state index contributed by atoms with van der Waals surface area (Å²) < 4.78 is 4.71. The minimum Gasteiger partial charge on any atom is -0.481 e. The lowest BCUT2D eigenvalue weighted by Crippen LogP contribution is -1.86. The van der Waals surface area contributed by atoms with Gasteiger partial charge < -0.3 is 24.8 Å². The third-order valence-electron chi connectivity index (χ3n) is 1.17. The molecule has 1 aromatic rings. The van der Waals surface area contributed by atoms with E-state index in [1.54, 1.807) is 0 Å². The fraction of sp³-hybridized carbons (Fsp3) is 0.400. The molecule has 1 rings (SSSR count). The Morgan fingerprint density at radius 2 is 1.24 bits per heavy atom. The van der Waals surface area contributed by atoms with Gasteiger partial charge in [0.25, 0.3) is 11.9 Å². The average molecular weight is 248 g/mol. The van der Waals surface area contributed by atoms with Gasteiger partial charge in [-0.1, -0.05) is 0 Å². The number of carboxylic acids is 2. The summed E-state index contributed by atoms with van der Waals surface area (Å²) in [5.74, 6) is -1.67. The Morgan fingerprint density at radius 3 is 1.41 bits per heavy atom. The summed E-state index contributed by atoms with van der Waals surface area (Å²) >= 11 is 0. The van der Waals surface area contributed by atoms with E-state index >= 15 is 0 Å². The second-order valence-electron chi connectivity index (χ2n) is 2.78. The fourth-order valence-electron chi connectivity index (χ4n) is 0.627. The van der Waals surface area contributed by atoms with Gasteiger partial charge in [-0.05, 0) is 0 Å². The number of aliphatic carboxylic acids is 2. The van der Waals surface area contributed by atoms with E-state index in [1.807, 2.05) is 0 Å². The average Bonchev–Trinajstić information content (AvgIpc) is 2.62. The molecule has 0 aliphatic heterocycles. The molecule has 0 atom stereocenters. The molecule has 0 bridgehead atoms. The van der Waals surface area contributed by atoms with Gasteiger partial charge in [-0.25, -0.2) is 0 Å². The topological polar surface area (TPSA) is 128 Å². The number of hydrogen-bond donors (Lipinski definition) is 4. The number of furan rings is 1. The quantitative estimate of drug-likeness (QED) is 0.597. The summed E-state index contributed by atoms with van der Waals surface area (Å²) in [6.45, 7) is 2.01. The van der Waals surface area contributed by atoms with Crippen molar-refractivity contribution in [1.82, 2.24) is 0 Å². The highest BCUT2D eigenvalue weighted by Crippen LogP contribution is 2.08. The Morgan fingerprint density at radius 1 is 1.00 bits per heavy atom. The van der Waals surface area contributed by atoms with Crippen LogP contribution >= 0.6 is 0 Å². The van der Waals surface area contributed by atoms with Crippen LogP contribution in [0.3, 0.4) is 0 Å². The SMILES string of the molecule is CC(=O)O.CC(=O)O.OCc1cocc1CO. The first-order chi connectivity index (χ1) is 7.84. The smallest absolute Gasteiger partial charge is 0.300 e. The molecule has 98 valence electrons. The number of hydrogen-bond acceptors (Lipinski definition) is 5. The van der Waals surface area contributed by atoms with E-state index in [9.17, 15) is 0 Å². The van der Waals surface area contributed by atoms with Crippen LogP contribution in [0.4, 0.5) is 0 Å². The fourth-order valence-corrected chi connectivity index (χ4v) is 0.627. The Bertz CT molecular complexity index is 291. The molecule has 0 aliphatic carbocycles. The van der Waals surface area contributed by atoms with Crippen molar-refractivity contribution in [3.05, 3.63) is 23.7 Å². The van der Waals surface area contributed by atoms with E-state index < -0.39 is 11.9 Å². The van der Waals surface area contributed by atoms with Crippen molar-refractivity contribution < 1.29 is 34.4 Å². The maximum absolute atomic E-state index is 9.00. The van der Waals surface area contributed by atoms with Crippen molar-refractivity contribution in [3.8, 4) is 0 Å². The Labute approximate surface area is 97.9 Å². The number of carboxylic acid groups (broad SMARTS) is 2. The summed E-state index contributed by atoms with van der Waals surface area (Å²) in [4.78, 5) is 18.0. The van der Waals surface area contributed by atoms with Gasteiger partial charge in [0.1, 0.15) is 0 Å². The van der Waals surface area contributed by atoms with Crippen LogP contribution in [-0.2, 0) is 22.8 Å². The van der Waals surface area contributed by atoms with Crippen LogP contribution < -0.4 is 0 Å². The van der Waals surface area contributed by atoms with Crippen LogP contribution in [0.2, 0.25) is 0 Å². The van der Waals surface area contributed by atoms with Crippen LogP contribution in [-0.4, -0.2) is 32.4 Å². The molecule has 0 saturated carbocycles. The van der Waals surface area contributed by atoms with Crippen LogP contribution in [0.1, 0.15) is 25.0 Å². The first kappa shape index (κ1) is 17.5. The van der Waals surface area contributed by atoms with Gasteiger partial charge in [0.05, 0.1) is 25.7 Å². The monoisotopic (exact) mass is 248 g/mol. The van der Waals surface area contributed by atoms with E-state index in [0.717, 1.165) is 13.8 Å². The Balaban J connectivity index is 0. The molecule has 0 aliphatic rings. The summed E-state index contributed by atoms with van der Waals surface area (Å²) in [5.41, 5.74) is 1.30. The van der Waals surface area contributed by atoms with E-state index in [1.165, 1.54) is 12.5 Å². The lowest BCUT2D eigenvalue weighted by Gasteiger charge is -1.90. The summed E-state index contributed by atoms with van der Waals surface area (Å²) in [5, 5.41) is 32.0. The van der Waals surface area contributed by atoms with Gasteiger partial charge in [0.15, 0.2) is 0 Å². The minimum atomic E-state index is -0.833. The van der Waals surface area contributed by atoms with Crippen molar-refractivity contribution >= 4 is 11.9 Å². The largest absolute Gasteiger partial charge is 0.481 e. The molecule has 0 fully saturated rings. The van der Waals surface area contributed by atoms with Crippen molar-refractivity contribution in [2.45, 2.75) is 27.1 Å². The predicted molar refractivity (Wildman–Crippen MR) is 57.2 cm³/mol. The highest BCUT2D eigenvalue weighted by molar-refractivity contribution is 5.63. The zero-order valence-corrected chi connectivity index (χ0v) is 9.58. The van der Waals surface area contributed by atoms with Crippen molar-refractivity contribution in [3.63, 3.8) is 0 Å². The first-order valence-corrected chi connectivity index (χ1v) is 4.49. The molecular weight excluding hydrogens is 232 g/mol. The highest BCUT2D eigenvalue weighted by atomic mass is 16.4. The Kier molecular flexibility index (Phi) is 11.0. The number of aliphatic hydroxyl groups is 2. The van der Waals surface area contributed by atoms with Crippen molar-refractivity contribution in [2.75, 3.05) is 0 Å². The molecule has 0 amide bonds. The van der Waals surface area contributed by atoms with Crippen LogP contribution in [0.15, 0.2) is 16.9 Å². The van der Waals surface area contributed by atoms with Gasteiger partial charge in [0.2, 0.25) is 0 Å². The lowest BCUT2D eigenvalue weighted by atomic mass is 10.2. The zero-order valence-electron chi connectivity index (χ0n) is 9.58. The minimum absolute atomic E-state index is 0.0770. The molecule has 0 spiro atoms. The highest BCUT2D eigenvalue weighted by Gasteiger charge is 2.00. The summed E-state index contributed by atoms with van der Waals surface area (Å²) in [6.07, 6.45) is 2.84. The number of carbonyl (C=O) groups is 2. The predicted octanol–water partition coefficient (Wildman–Crippen LogP) is 0.446. The zero-order chi connectivity index (χ0) is 13.8. The molecule has 1 aromatic heterocycles.